The molecule has 29 heavy (non-hydrogen) atoms. The van der Waals surface area contributed by atoms with E-state index in [1.807, 2.05) is 0 Å². The molecule has 0 saturated carbocycles. The van der Waals surface area contributed by atoms with Crippen molar-refractivity contribution >= 4 is 11.8 Å². The van der Waals surface area contributed by atoms with Gasteiger partial charge in [0.1, 0.15) is 17.6 Å². The van der Waals surface area contributed by atoms with E-state index in [4.69, 9.17) is 4.74 Å². The Morgan fingerprint density at radius 2 is 2.03 bits per heavy atom. The monoisotopic (exact) mass is 402 g/mol. The van der Waals surface area contributed by atoms with Crippen molar-refractivity contribution in [2.24, 2.45) is 0 Å². The van der Waals surface area contributed by atoms with Crippen LogP contribution in [0.25, 0.3) is 0 Å². The molecular weight excluding hydrogens is 379 g/mol. The average molecular weight is 402 g/mol. The molecule has 2 aromatic rings. The predicted molar refractivity (Wildman–Crippen MR) is 102 cm³/mol. The van der Waals surface area contributed by atoms with Crippen LogP contribution in [0.5, 0.6) is 0 Å². The molecule has 1 aliphatic rings. The van der Waals surface area contributed by atoms with Crippen LogP contribution >= 0.6 is 0 Å². The largest absolute Gasteiger partial charge is 0.394 e. The van der Waals surface area contributed by atoms with Crippen molar-refractivity contribution in [3.05, 3.63) is 59.9 Å². The van der Waals surface area contributed by atoms with Gasteiger partial charge in [-0.15, -0.1) is 0 Å². The zero-order chi connectivity index (χ0) is 20.6. The molecule has 1 fully saturated rings. The summed E-state index contributed by atoms with van der Waals surface area (Å²) in [5, 5.41) is 15.1. The molecule has 0 unspecified atom stereocenters. The Labute approximate surface area is 167 Å². The maximum Gasteiger partial charge on any atom is 0.271 e. The molecule has 3 atom stereocenters. The molecule has 2 amide bonds. The van der Waals surface area contributed by atoms with Crippen LogP contribution in [-0.4, -0.2) is 58.3 Å². The van der Waals surface area contributed by atoms with Crippen molar-refractivity contribution < 1.29 is 23.8 Å². The van der Waals surface area contributed by atoms with Crippen molar-refractivity contribution in [1.82, 2.24) is 20.6 Å². The summed E-state index contributed by atoms with van der Waals surface area (Å²) in [6.07, 6.45) is 5.32. The van der Waals surface area contributed by atoms with E-state index >= 15 is 0 Å². The summed E-state index contributed by atoms with van der Waals surface area (Å²) in [7, 11) is 0. The normalized spacial score (nSPS) is 21.4. The molecule has 1 saturated heterocycles. The van der Waals surface area contributed by atoms with Gasteiger partial charge in [-0.05, 0) is 31.4 Å². The van der Waals surface area contributed by atoms with Crippen LogP contribution < -0.4 is 10.6 Å². The van der Waals surface area contributed by atoms with E-state index in [2.05, 4.69) is 20.6 Å². The zero-order valence-corrected chi connectivity index (χ0v) is 15.8. The van der Waals surface area contributed by atoms with Crippen LogP contribution in [0.4, 0.5) is 4.39 Å². The highest BCUT2D eigenvalue weighted by Crippen LogP contribution is 2.22. The number of carbonyl (C=O) groups excluding carboxylic acids is 2. The zero-order valence-electron chi connectivity index (χ0n) is 15.8. The fraction of sp³-hybridized carbons (Fsp3) is 0.400. The Hall–Kier alpha value is -2.91. The number of hydrogen-bond acceptors (Lipinski definition) is 6. The first-order valence-corrected chi connectivity index (χ1v) is 9.44. The van der Waals surface area contributed by atoms with Crippen LogP contribution in [-0.2, 0) is 4.74 Å². The second-order valence-corrected chi connectivity index (χ2v) is 6.75. The van der Waals surface area contributed by atoms with E-state index in [-0.39, 0.29) is 35.9 Å². The number of nitrogens with one attached hydrogen (secondary N) is 2. The number of halogens is 1. The molecular formula is C20H23FN4O4. The van der Waals surface area contributed by atoms with Crippen LogP contribution in [0.15, 0.2) is 42.9 Å². The second-order valence-electron chi connectivity index (χ2n) is 6.75. The quantitative estimate of drug-likeness (QED) is 0.639. The first kappa shape index (κ1) is 20.8. The molecule has 3 N–H and O–H groups in total. The fourth-order valence-corrected chi connectivity index (χ4v) is 3.26. The number of benzene rings is 1. The number of hydrogen-bond donors (Lipinski definition) is 3. The summed E-state index contributed by atoms with van der Waals surface area (Å²) in [6.45, 7) is 0.0656. The smallest absolute Gasteiger partial charge is 0.271 e. The number of aliphatic hydroxyl groups excluding tert-OH is 1. The minimum absolute atomic E-state index is 0.00270. The molecule has 1 aromatic heterocycles. The molecule has 1 aliphatic heterocycles. The number of aliphatic hydroxyl groups is 1. The fourth-order valence-electron chi connectivity index (χ4n) is 3.26. The minimum atomic E-state index is -0.569. The second kappa shape index (κ2) is 10.0. The highest BCUT2D eigenvalue weighted by molar-refractivity contribution is 5.94. The van der Waals surface area contributed by atoms with E-state index in [9.17, 15) is 19.1 Å². The summed E-state index contributed by atoms with van der Waals surface area (Å²) in [6, 6.07) is 5.44. The van der Waals surface area contributed by atoms with Crippen LogP contribution in [0.2, 0.25) is 0 Å². The van der Waals surface area contributed by atoms with Gasteiger partial charge in [0.25, 0.3) is 11.8 Å². The molecule has 3 rings (SSSR count). The molecule has 0 aliphatic carbocycles. The lowest BCUT2D eigenvalue weighted by Crippen LogP contribution is -2.51. The molecule has 0 bridgehead atoms. The Morgan fingerprint density at radius 1 is 1.21 bits per heavy atom. The molecule has 9 heteroatoms. The lowest BCUT2D eigenvalue weighted by atomic mass is 9.97. The third-order valence-electron chi connectivity index (χ3n) is 4.78. The van der Waals surface area contributed by atoms with Crippen molar-refractivity contribution in [2.75, 3.05) is 13.2 Å². The summed E-state index contributed by atoms with van der Waals surface area (Å²) in [4.78, 5) is 32.1. The van der Waals surface area contributed by atoms with Crippen LogP contribution in [0.1, 0.15) is 40.1 Å². The number of aromatic nitrogens is 2. The predicted octanol–water partition coefficient (Wildman–Crippen LogP) is 1.07. The number of carbonyl (C=O) groups is 2. The highest BCUT2D eigenvalue weighted by Gasteiger charge is 2.32. The molecule has 154 valence electrons. The lowest BCUT2D eigenvalue weighted by molar-refractivity contribution is -0.0893. The maximum absolute atomic E-state index is 13.6. The molecule has 8 nitrogen and oxygen atoms in total. The van der Waals surface area contributed by atoms with E-state index in [1.54, 1.807) is 6.07 Å². The SMILES string of the molecule is O=C(N[C@@H]1CC[C@@H](CCNC(=O)c2ccccc2F)O[C@@H]1CO)c1cnccn1. The number of amides is 2. The van der Waals surface area contributed by atoms with Gasteiger partial charge in [-0.1, -0.05) is 12.1 Å². The van der Waals surface area contributed by atoms with Gasteiger partial charge in [-0.2, -0.15) is 0 Å². The third kappa shape index (κ3) is 5.55. The third-order valence-corrected chi connectivity index (χ3v) is 4.78. The van der Waals surface area contributed by atoms with E-state index in [0.717, 1.165) is 0 Å². The summed E-state index contributed by atoms with van der Waals surface area (Å²) in [5.74, 6) is -1.42. The maximum atomic E-state index is 13.6. The topological polar surface area (TPSA) is 113 Å². The Bertz CT molecular complexity index is 836. The van der Waals surface area contributed by atoms with Gasteiger partial charge in [0, 0.05) is 18.9 Å². The van der Waals surface area contributed by atoms with E-state index in [1.165, 1.54) is 36.8 Å². The summed E-state index contributed by atoms with van der Waals surface area (Å²) in [5.41, 5.74) is 0.194. The van der Waals surface area contributed by atoms with Crippen LogP contribution in [0, 0.1) is 5.82 Å². The summed E-state index contributed by atoms with van der Waals surface area (Å²) >= 11 is 0. The van der Waals surface area contributed by atoms with Gasteiger partial charge in [0.15, 0.2) is 0 Å². The Balaban J connectivity index is 1.46. The number of rotatable bonds is 7. The van der Waals surface area contributed by atoms with Crippen molar-refractivity contribution in [1.29, 1.82) is 0 Å². The molecule has 1 aromatic carbocycles. The minimum Gasteiger partial charge on any atom is -0.394 e. The Morgan fingerprint density at radius 3 is 2.76 bits per heavy atom. The average Bonchev–Trinajstić information content (AvgIpc) is 2.75. The van der Waals surface area contributed by atoms with Gasteiger partial charge in [0.05, 0.1) is 30.5 Å². The van der Waals surface area contributed by atoms with Crippen LogP contribution in [0.3, 0.4) is 0 Å². The van der Waals surface area contributed by atoms with Crippen molar-refractivity contribution in [2.45, 2.75) is 37.5 Å². The van der Waals surface area contributed by atoms with Gasteiger partial charge >= 0.3 is 0 Å². The molecule has 0 radical (unpaired) electrons. The lowest BCUT2D eigenvalue weighted by Gasteiger charge is -2.36. The van der Waals surface area contributed by atoms with E-state index in [0.29, 0.717) is 25.8 Å². The first-order chi connectivity index (χ1) is 14.1. The standard InChI is InChI=1S/C20H23FN4O4/c21-15-4-2-1-3-14(15)19(27)24-8-7-13-5-6-16(18(12-26)29-13)25-20(28)17-11-22-9-10-23-17/h1-4,9-11,13,16,18,26H,5-8,12H2,(H,24,27)(H,25,28)/t13-,16+,18+/m0/s1. The van der Waals surface area contributed by atoms with Crippen molar-refractivity contribution in [3.8, 4) is 0 Å². The van der Waals surface area contributed by atoms with Gasteiger partial charge in [0.2, 0.25) is 0 Å². The molecule has 0 spiro atoms. The summed E-state index contributed by atoms with van der Waals surface area (Å²) < 4.78 is 19.5. The number of ether oxygens (including phenoxy) is 1. The highest BCUT2D eigenvalue weighted by atomic mass is 19.1. The van der Waals surface area contributed by atoms with Gasteiger partial charge in [-0.25, -0.2) is 9.37 Å². The van der Waals surface area contributed by atoms with Gasteiger partial charge < -0.3 is 20.5 Å². The Kier molecular flexibility index (Phi) is 7.20. The number of nitrogens with zero attached hydrogens (tertiary/aromatic N) is 2. The molecule has 2 heterocycles. The first-order valence-electron chi connectivity index (χ1n) is 9.44. The van der Waals surface area contributed by atoms with Crippen molar-refractivity contribution in [3.63, 3.8) is 0 Å². The van der Waals surface area contributed by atoms with Gasteiger partial charge in [-0.3, -0.25) is 14.6 Å². The van der Waals surface area contributed by atoms with E-state index < -0.39 is 17.8 Å².